The van der Waals surface area contributed by atoms with Crippen LogP contribution in [0, 0.1) is 0 Å². The van der Waals surface area contributed by atoms with Crippen molar-refractivity contribution in [2.75, 3.05) is 6.61 Å². The van der Waals surface area contributed by atoms with Crippen LogP contribution in [0.4, 0.5) is 0 Å². The molecule has 2 heterocycles. The summed E-state index contributed by atoms with van der Waals surface area (Å²) in [6, 6.07) is 7.11. The van der Waals surface area contributed by atoms with Gasteiger partial charge in [-0.25, -0.2) is 0 Å². The van der Waals surface area contributed by atoms with Crippen molar-refractivity contribution in [3.05, 3.63) is 34.6 Å². The van der Waals surface area contributed by atoms with Crippen LogP contribution in [0.5, 0.6) is 0 Å². The first-order valence-electron chi connectivity index (χ1n) is 6.45. The molecular formula is C13H15NO6Se. The second-order valence-electron chi connectivity index (χ2n) is 4.94. The average molecular weight is 360 g/mol. The fourth-order valence-corrected chi connectivity index (χ4v) is 4.67. The molecule has 7 nitrogen and oxygen atoms in total. The fraction of sp³-hybridized carbons (Fsp3) is 0.462. The molecule has 1 aliphatic heterocycles. The predicted molar refractivity (Wildman–Crippen MR) is 74.2 cm³/mol. The second kappa shape index (κ2) is 5.66. The minimum atomic E-state index is -1.48. The topological polar surface area (TPSA) is 112 Å². The monoisotopic (exact) mass is 361 g/mol. The van der Waals surface area contributed by atoms with E-state index in [1.165, 1.54) is 3.56 Å². The first kappa shape index (κ1) is 14.9. The zero-order valence-corrected chi connectivity index (χ0v) is 12.6. The number of aromatic nitrogens is 1. The SMILES string of the molecule is O=c1c2ccccc2[se]n1[C@@H]1O[C@H](CO)[C@@H](O)[C@H](O)[C@H]1O. The molecular weight excluding hydrogens is 345 g/mol. The van der Waals surface area contributed by atoms with Crippen molar-refractivity contribution in [2.24, 2.45) is 0 Å². The van der Waals surface area contributed by atoms with Crippen LogP contribution in [0.25, 0.3) is 9.65 Å². The fourth-order valence-electron chi connectivity index (χ4n) is 2.43. The summed E-state index contributed by atoms with van der Waals surface area (Å²) in [4.78, 5) is 12.4. The Kier molecular flexibility index (Phi) is 4.02. The van der Waals surface area contributed by atoms with Crippen LogP contribution in [0.1, 0.15) is 6.23 Å². The van der Waals surface area contributed by atoms with Gasteiger partial charge in [-0.3, -0.25) is 0 Å². The van der Waals surface area contributed by atoms with E-state index in [-0.39, 0.29) is 20.3 Å². The van der Waals surface area contributed by atoms with Crippen molar-refractivity contribution in [3.8, 4) is 0 Å². The molecule has 0 bridgehead atoms. The van der Waals surface area contributed by atoms with Gasteiger partial charge in [0.15, 0.2) is 0 Å². The van der Waals surface area contributed by atoms with Gasteiger partial charge in [0, 0.05) is 0 Å². The Morgan fingerprint density at radius 3 is 2.52 bits per heavy atom. The number of hydrogen-bond donors (Lipinski definition) is 4. The molecule has 0 unspecified atom stereocenters. The number of aliphatic hydroxyl groups is 4. The molecule has 2 aromatic rings. The van der Waals surface area contributed by atoms with Crippen molar-refractivity contribution >= 4 is 24.4 Å². The van der Waals surface area contributed by atoms with Crippen LogP contribution in [0.2, 0.25) is 0 Å². The second-order valence-corrected chi connectivity index (χ2v) is 7.07. The Labute approximate surface area is 125 Å². The van der Waals surface area contributed by atoms with Gasteiger partial charge in [0.1, 0.15) is 0 Å². The quantitative estimate of drug-likeness (QED) is 0.463. The van der Waals surface area contributed by atoms with Gasteiger partial charge in [0.2, 0.25) is 0 Å². The maximum absolute atomic E-state index is 12.4. The molecule has 1 aliphatic rings. The minimum absolute atomic E-state index is 0.282. The van der Waals surface area contributed by atoms with Crippen LogP contribution in [-0.4, -0.2) is 69.7 Å². The molecule has 4 N–H and O–H groups in total. The summed E-state index contributed by atoms with van der Waals surface area (Å²) in [6.45, 7) is -0.510. The molecule has 114 valence electrons. The van der Waals surface area contributed by atoms with E-state index in [1.54, 1.807) is 12.1 Å². The molecule has 3 rings (SSSR count). The number of fused-ring (bicyclic) bond motifs is 1. The van der Waals surface area contributed by atoms with Crippen molar-refractivity contribution in [3.63, 3.8) is 0 Å². The maximum atomic E-state index is 12.4. The molecule has 1 saturated heterocycles. The number of nitrogens with zero attached hydrogens (tertiary/aromatic N) is 1. The van der Waals surface area contributed by atoms with Crippen molar-refractivity contribution < 1.29 is 25.2 Å². The molecule has 8 heteroatoms. The van der Waals surface area contributed by atoms with Crippen LogP contribution in [-0.2, 0) is 4.74 Å². The summed E-state index contributed by atoms with van der Waals surface area (Å²) in [5.41, 5.74) is -0.282. The number of hydrogen-bond acceptors (Lipinski definition) is 6. The summed E-state index contributed by atoms with van der Waals surface area (Å²) in [6.07, 6.45) is -6.42. The van der Waals surface area contributed by atoms with Gasteiger partial charge in [0.25, 0.3) is 0 Å². The van der Waals surface area contributed by atoms with Crippen LogP contribution < -0.4 is 5.56 Å². The Hall–Kier alpha value is -0.991. The van der Waals surface area contributed by atoms with Gasteiger partial charge >= 0.3 is 125 Å². The molecule has 1 aromatic heterocycles. The predicted octanol–water partition coefficient (Wildman–Crippen LogP) is -1.97. The molecule has 0 saturated carbocycles. The van der Waals surface area contributed by atoms with E-state index >= 15 is 0 Å². The Morgan fingerprint density at radius 1 is 1.14 bits per heavy atom. The molecule has 0 spiro atoms. The first-order valence-corrected chi connectivity index (χ1v) is 8.08. The average Bonchev–Trinajstić information content (AvgIpc) is 2.83. The molecule has 0 aliphatic carbocycles. The molecule has 0 radical (unpaired) electrons. The summed E-state index contributed by atoms with van der Waals surface area (Å²) >= 11 is -0.388. The third kappa shape index (κ3) is 2.39. The Balaban J connectivity index is 2.05. The molecule has 5 atom stereocenters. The number of aliphatic hydroxyl groups excluding tert-OH is 4. The number of ether oxygens (including phenoxy) is 1. The third-order valence-corrected chi connectivity index (χ3v) is 5.97. The van der Waals surface area contributed by atoms with Gasteiger partial charge in [-0.2, -0.15) is 0 Å². The van der Waals surface area contributed by atoms with Crippen LogP contribution in [0.3, 0.4) is 0 Å². The first-order chi connectivity index (χ1) is 10.0. The zero-order chi connectivity index (χ0) is 15.1. The van der Waals surface area contributed by atoms with E-state index in [9.17, 15) is 25.2 Å². The molecule has 21 heavy (non-hydrogen) atoms. The van der Waals surface area contributed by atoms with E-state index < -0.39 is 37.3 Å². The molecule has 1 fully saturated rings. The number of benzene rings is 1. The zero-order valence-electron chi connectivity index (χ0n) is 10.9. The normalized spacial score (nSPS) is 33.4. The molecule has 1 aromatic carbocycles. The van der Waals surface area contributed by atoms with Crippen molar-refractivity contribution in [1.29, 1.82) is 0 Å². The van der Waals surface area contributed by atoms with Crippen molar-refractivity contribution in [1.82, 2.24) is 3.56 Å². The summed E-state index contributed by atoms with van der Waals surface area (Å²) < 4.78 is 7.66. The van der Waals surface area contributed by atoms with Gasteiger partial charge in [-0.15, -0.1) is 0 Å². The summed E-state index contributed by atoms with van der Waals surface area (Å²) in [7, 11) is 0. The third-order valence-electron chi connectivity index (χ3n) is 3.61. The van der Waals surface area contributed by atoms with Crippen LogP contribution in [0.15, 0.2) is 29.1 Å². The van der Waals surface area contributed by atoms with E-state index in [0.717, 1.165) is 4.26 Å². The van der Waals surface area contributed by atoms with Gasteiger partial charge in [-0.1, -0.05) is 0 Å². The summed E-state index contributed by atoms with van der Waals surface area (Å²) in [5, 5.41) is 39.4. The van der Waals surface area contributed by atoms with Gasteiger partial charge in [-0.05, 0) is 0 Å². The van der Waals surface area contributed by atoms with Gasteiger partial charge < -0.3 is 0 Å². The van der Waals surface area contributed by atoms with E-state index in [2.05, 4.69) is 0 Å². The van der Waals surface area contributed by atoms with Crippen molar-refractivity contribution in [2.45, 2.75) is 30.6 Å². The van der Waals surface area contributed by atoms with E-state index in [1.807, 2.05) is 12.1 Å². The Bertz CT molecular complexity index is 695. The standard InChI is InChI=1S/C13H15NO6Se/c15-5-7-9(16)10(17)11(18)13(20-7)14-12(19)6-3-1-2-4-8(6)21-14/h1-4,7,9-11,13,15-18H,5H2/t7-,9-,10+,11-,13-/m1/s1. The molecule has 0 amide bonds. The van der Waals surface area contributed by atoms with E-state index in [0.29, 0.717) is 5.39 Å². The summed E-state index contributed by atoms with van der Waals surface area (Å²) in [5.74, 6) is 0. The Morgan fingerprint density at radius 2 is 1.86 bits per heavy atom. The van der Waals surface area contributed by atoms with E-state index in [4.69, 9.17) is 4.74 Å². The number of rotatable bonds is 2. The van der Waals surface area contributed by atoms with Crippen LogP contribution >= 0.6 is 0 Å². The van der Waals surface area contributed by atoms with Gasteiger partial charge in [0.05, 0.1) is 0 Å².